The average molecular weight is 306 g/mol. The number of halogens is 3. The quantitative estimate of drug-likeness (QED) is 0.574. The molecule has 0 atom stereocenters. The number of nitro benzene ring substituents is 1. The Morgan fingerprint density at radius 2 is 2.05 bits per heavy atom. The molecule has 8 heteroatoms. The molecule has 0 N–H and O–H groups in total. The van der Waals surface area contributed by atoms with E-state index in [1.54, 1.807) is 6.07 Å². The summed E-state index contributed by atoms with van der Waals surface area (Å²) in [4.78, 5) is 11.5. The van der Waals surface area contributed by atoms with Crippen molar-refractivity contribution in [3.8, 4) is 0 Å². The third kappa shape index (κ3) is 5.68. The maximum Gasteiger partial charge on any atom is 0.401 e. The first-order valence-electron chi connectivity index (χ1n) is 6.25. The van der Waals surface area contributed by atoms with E-state index in [4.69, 9.17) is 4.74 Å². The lowest BCUT2D eigenvalue weighted by Crippen LogP contribution is -2.36. The zero-order valence-corrected chi connectivity index (χ0v) is 11.8. The van der Waals surface area contributed by atoms with Gasteiger partial charge in [0.25, 0.3) is 5.69 Å². The molecule has 0 aliphatic rings. The second kappa shape index (κ2) is 7.37. The molecule has 21 heavy (non-hydrogen) atoms. The van der Waals surface area contributed by atoms with Crippen molar-refractivity contribution in [1.29, 1.82) is 0 Å². The predicted molar refractivity (Wildman–Crippen MR) is 71.0 cm³/mol. The van der Waals surface area contributed by atoms with E-state index in [1.165, 1.54) is 26.2 Å². The van der Waals surface area contributed by atoms with E-state index in [0.717, 1.165) is 4.90 Å². The molecule has 0 spiro atoms. The van der Waals surface area contributed by atoms with Crippen molar-refractivity contribution in [2.75, 3.05) is 26.8 Å². The molecule has 1 aromatic rings. The molecular weight excluding hydrogens is 289 g/mol. The molecule has 1 aromatic carbocycles. The minimum absolute atomic E-state index is 0.0175. The highest BCUT2D eigenvalue weighted by molar-refractivity contribution is 5.44. The van der Waals surface area contributed by atoms with Gasteiger partial charge in [0.1, 0.15) is 0 Å². The average Bonchev–Trinajstić information content (AvgIpc) is 2.36. The Kier molecular flexibility index (Phi) is 6.10. The summed E-state index contributed by atoms with van der Waals surface area (Å²) in [6.45, 7) is 0.687. The molecule has 0 aliphatic heterocycles. The van der Waals surface area contributed by atoms with Gasteiger partial charge in [-0.25, -0.2) is 0 Å². The zero-order valence-electron chi connectivity index (χ0n) is 11.8. The number of rotatable bonds is 7. The van der Waals surface area contributed by atoms with E-state index < -0.39 is 17.6 Å². The monoisotopic (exact) mass is 306 g/mol. The SMILES string of the molecule is COCCN(Cc1cccc([N+](=O)[O-])c1C)CC(F)(F)F. The first-order chi connectivity index (χ1) is 9.74. The maximum absolute atomic E-state index is 12.6. The van der Waals surface area contributed by atoms with Gasteiger partial charge < -0.3 is 4.74 Å². The number of hydrogen-bond donors (Lipinski definition) is 0. The number of benzene rings is 1. The van der Waals surface area contributed by atoms with Crippen LogP contribution in [-0.2, 0) is 11.3 Å². The van der Waals surface area contributed by atoms with Crippen LogP contribution in [-0.4, -0.2) is 42.8 Å². The van der Waals surface area contributed by atoms with E-state index in [-0.39, 0.29) is 25.4 Å². The molecule has 0 heterocycles. The minimum atomic E-state index is -4.33. The molecule has 0 amide bonds. The Labute approximate surface area is 120 Å². The van der Waals surface area contributed by atoms with Gasteiger partial charge in [-0.15, -0.1) is 0 Å². The zero-order chi connectivity index (χ0) is 16.0. The van der Waals surface area contributed by atoms with Crippen molar-refractivity contribution >= 4 is 5.69 Å². The minimum Gasteiger partial charge on any atom is -0.383 e. The van der Waals surface area contributed by atoms with Crippen LogP contribution < -0.4 is 0 Å². The summed E-state index contributed by atoms with van der Waals surface area (Å²) in [6.07, 6.45) is -4.33. The molecule has 0 saturated carbocycles. The molecule has 1 rings (SSSR count). The van der Waals surface area contributed by atoms with Crippen LogP contribution in [0.3, 0.4) is 0 Å². The molecule has 0 fully saturated rings. The van der Waals surface area contributed by atoms with Gasteiger partial charge in [-0.05, 0) is 12.5 Å². The smallest absolute Gasteiger partial charge is 0.383 e. The van der Waals surface area contributed by atoms with Gasteiger partial charge in [-0.3, -0.25) is 15.0 Å². The van der Waals surface area contributed by atoms with Gasteiger partial charge in [0.15, 0.2) is 0 Å². The fraction of sp³-hybridized carbons (Fsp3) is 0.538. The van der Waals surface area contributed by atoms with Gasteiger partial charge in [-0.2, -0.15) is 13.2 Å². The highest BCUT2D eigenvalue weighted by atomic mass is 19.4. The molecule has 118 valence electrons. The normalized spacial score (nSPS) is 11.9. The van der Waals surface area contributed by atoms with Crippen LogP contribution in [0.4, 0.5) is 18.9 Å². The maximum atomic E-state index is 12.6. The van der Waals surface area contributed by atoms with Gasteiger partial charge in [0, 0.05) is 31.8 Å². The molecule has 5 nitrogen and oxygen atoms in total. The predicted octanol–water partition coefficient (Wildman–Crippen LogP) is 2.91. The van der Waals surface area contributed by atoms with Crippen molar-refractivity contribution in [3.05, 3.63) is 39.4 Å². The van der Waals surface area contributed by atoms with Gasteiger partial charge in [0.05, 0.1) is 18.1 Å². The Morgan fingerprint density at radius 1 is 1.38 bits per heavy atom. The van der Waals surface area contributed by atoms with Crippen molar-refractivity contribution < 1.29 is 22.8 Å². The molecule has 0 bridgehead atoms. The van der Waals surface area contributed by atoms with Crippen molar-refractivity contribution in [3.63, 3.8) is 0 Å². The number of hydrogen-bond acceptors (Lipinski definition) is 4. The lowest BCUT2D eigenvalue weighted by atomic mass is 10.1. The lowest BCUT2D eigenvalue weighted by molar-refractivity contribution is -0.385. The summed E-state index contributed by atoms with van der Waals surface area (Å²) in [6, 6.07) is 4.41. The Balaban J connectivity index is 2.92. The topological polar surface area (TPSA) is 55.6 Å². The van der Waals surface area contributed by atoms with Crippen molar-refractivity contribution in [2.24, 2.45) is 0 Å². The van der Waals surface area contributed by atoms with Gasteiger partial charge in [-0.1, -0.05) is 12.1 Å². The van der Waals surface area contributed by atoms with E-state index in [1.807, 2.05) is 0 Å². The Morgan fingerprint density at radius 3 is 2.57 bits per heavy atom. The number of nitro groups is 1. The third-order valence-electron chi connectivity index (χ3n) is 3.02. The first kappa shape index (κ1) is 17.4. The van der Waals surface area contributed by atoms with Crippen LogP contribution >= 0.6 is 0 Å². The number of alkyl halides is 3. The Hall–Kier alpha value is -1.67. The van der Waals surface area contributed by atoms with Crippen LogP contribution in [0.5, 0.6) is 0 Å². The van der Waals surface area contributed by atoms with E-state index in [2.05, 4.69) is 0 Å². The summed E-state index contributed by atoms with van der Waals surface area (Å²) >= 11 is 0. The molecule has 0 aromatic heterocycles. The lowest BCUT2D eigenvalue weighted by Gasteiger charge is -2.24. The van der Waals surface area contributed by atoms with Crippen LogP contribution in [0.15, 0.2) is 18.2 Å². The summed E-state index contributed by atoms with van der Waals surface area (Å²) in [5.41, 5.74) is 0.794. The van der Waals surface area contributed by atoms with Crippen LogP contribution in [0, 0.1) is 17.0 Å². The first-order valence-corrected chi connectivity index (χ1v) is 6.25. The highest BCUT2D eigenvalue weighted by Gasteiger charge is 2.31. The summed E-state index contributed by atoms with van der Waals surface area (Å²) in [5, 5.41) is 10.9. The van der Waals surface area contributed by atoms with E-state index >= 15 is 0 Å². The van der Waals surface area contributed by atoms with E-state index in [9.17, 15) is 23.3 Å². The number of methoxy groups -OCH3 is 1. The molecule has 0 radical (unpaired) electrons. The second-order valence-electron chi connectivity index (χ2n) is 4.64. The van der Waals surface area contributed by atoms with Crippen LogP contribution in [0.2, 0.25) is 0 Å². The molecular formula is C13H17F3N2O3. The number of ether oxygens (including phenoxy) is 1. The Bertz CT molecular complexity index is 492. The second-order valence-corrected chi connectivity index (χ2v) is 4.64. The number of nitrogens with zero attached hydrogens (tertiary/aromatic N) is 2. The highest BCUT2D eigenvalue weighted by Crippen LogP contribution is 2.24. The van der Waals surface area contributed by atoms with Crippen molar-refractivity contribution in [2.45, 2.75) is 19.6 Å². The largest absolute Gasteiger partial charge is 0.401 e. The van der Waals surface area contributed by atoms with Gasteiger partial charge in [0.2, 0.25) is 0 Å². The van der Waals surface area contributed by atoms with Crippen LogP contribution in [0.1, 0.15) is 11.1 Å². The summed E-state index contributed by atoms with van der Waals surface area (Å²) < 4.78 is 42.5. The molecule has 0 saturated heterocycles. The molecule has 0 aliphatic carbocycles. The third-order valence-corrected chi connectivity index (χ3v) is 3.02. The van der Waals surface area contributed by atoms with E-state index in [0.29, 0.717) is 11.1 Å². The molecule has 0 unspecified atom stereocenters. The summed E-state index contributed by atoms with van der Waals surface area (Å²) in [7, 11) is 1.41. The van der Waals surface area contributed by atoms with Crippen LogP contribution in [0.25, 0.3) is 0 Å². The fourth-order valence-electron chi connectivity index (χ4n) is 1.97. The van der Waals surface area contributed by atoms with Gasteiger partial charge >= 0.3 is 6.18 Å². The van der Waals surface area contributed by atoms with Crippen molar-refractivity contribution in [1.82, 2.24) is 4.90 Å². The summed E-state index contributed by atoms with van der Waals surface area (Å²) in [5.74, 6) is 0. The fourth-order valence-corrected chi connectivity index (χ4v) is 1.97. The standard InChI is InChI=1S/C13H17F3N2O3/c1-10-11(4-3-5-12(10)18(19)20)8-17(6-7-21-2)9-13(14,15)16/h3-5H,6-9H2,1-2H3.